The Hall–Kier alpha value is -0.580. The van der Waals surface area contributed by atoms with Gasteiger partial charge in [0.2, 0.25) is 0 Å². The average Bonchev–Trinajstić information content (AvgIpc) is 2.23. The first-order valence-electron chi connectivity index (χ1n) is 4.99. The number of hydrogen-bond donors (Lipinski definition) is 2. The van der Waals surface area contributed by atoms with Gasteiger partial charge < -0.3 is 10.4 Å². The van der Waals surface area contributed by atoms with Crippen molar-refractivity contribution in [3.63, 3.8) is 0 Å². The highest BCUT2D eigenvalue weighted by Crippen LogP contribution is 2.19. The Morgan fingerprint density at radius 3 is 3.00 bits per heavy atom. The fraction of sp³-hybridized carbons (Fsp3) is 0.455. The summed E-state index contributed by atoms with van der Waals surface area (Å²) < 4.78 is 12.8. The molecular weight excluding hydrogens is 213 g/mol. The maximum atomic E-state index is 12.8. The van der Waals surface area contributed by atoms with E-state index in [4.69, 9.17) is 0 Å². The Morgan fingerprint density at radius 2 is 2.33 bits per heavy atom. The number of rotatable bonds is 6. The molecule has 15 heavy (non-hydrogen) atoms. The molecule has 0 bridgehead atoms. The molecule has 0 heterocycles. The van der Waals surface area contributed by atoms with Crippen LogP contribution in [0.3, 0.4) is 0 Å². The lowest BCUT2D eigenvalue weighted by Crippen LogP contribution is -2.28. The number of halogens is 1. The highest BCUT2D eigenvalue weighted by Gasteiger charge is 2.04. The van der Waals surface area contributed by atoms with Crippen LogP contribution in [0.25, 0.3) is 0 Å². The van der Waals surface area contributed by atoms with Gasteiger partial charge in [0, 0.05) is 17.2 Å². The van der Waals surface area contributed by atoms with Gasteiger partial charge in [-0.15, -0.1) is 11.8 Å². The Morgan fingerprint density at radius 1 is 1.53 bits per heavy atom. The summed E-state index contributed by atoms with van der Waals surface area (Å²) in [6.45, 7) is 3.42. The molecule has 84 valence electrons. The average molecular weight is 229 g/mol. The van der Waals surface area contributed by atoms with Gasteiger partial charge in [0.1, 0.15) is 5.82 Å². The molecule has 0 saturated carbocycles. The van der Waals surface area contributed by atoms with Crippen LogP contribution in [0.1, 0.15) is 6.92 Å². The first-order valence-corrected chi connectivity index (χ1v) is 5.98. The summed E-state index contributed by atoms with van der Waals surface area (Å²) in [5.41, 5.74) is 0. The quantitative estimate of drug-likeness (QED) is 0.731. The molecule has 0 aliphatic rings. The Balaban J connectivity index is 2.30. The van der Waals surface area contributed by atoms with E-state index in [1.807, 2.05) is 13.0 Å². The summed E-state index contributed by atoms with van der Waals surface area (Å²) in [4.78, 5) is 0.852. The SMILES string of the molecule is CCNCC(O)CSc1cccc(F)c1. The van der Waals surface area contributed by atoms with Crippen LogP contribution in [0.5, 0.6) is 0 Å². The van der Waals surface area contributed by atoms with Gasteiger partial charge in [-0.1, -0.05) is 13.0 Å². The van der Waals surface area contributed by atoms with Gasteiger partial charge in [0.25, 0.3) is 0 Å². The normalized spacial score (nSPS) is 12.7. The zero-order valence-electron chi connectivity index (χ0n) is 8.74. The van der Waals surface area contributed by atoms with Crippen LogP contribution < -0.4 is 5.32 Å². The molecule has 0 aromatic heterocycles. The van der Waals surface area contributed by atoms with Crippen LogP contribution >= 0.6 is 11.8 Å². The molecular formula is C11H16FNOS. The van der Waals surface area contributed by atoms with Crippen molar-refractivity contribution in [1.29, 1.82) is 0 Å². The third-order valence-corrected chi connectivity index (χ3v) is 3.01. The molecule has 2 N–H and O–H groups in total. The van der Waals surface area contributed by atoms with E-state index in [1.54, 1.807) is 6.07 Å². The predicted octanol–water partition coefficient (Wildman–Crippen LogP) is 1.89. The summed E-state index contributed by atoms with van der Waals surface area (Å²) in [6, 6.07) is 6.41. The van der Waals surface area contributed by atoms with Gasteiger partial charge in [0.05, 0.1) is 6.10 Å². The largest absolute Gasteiger partial charge is 0.391 e. The first-order chi connectivity index (χ1) is 7.22. The number of aliphatic hydroxyl groups is 1. The maximum absolute atomic E-state index is 12.8. The van der Waals surface area contributed by atoms with Crippen LogP contribution in [0.15, 0.2) is 29.2 Å². The molecule has 1 unspecified atom stereocenters. The lowest BCUT2D eigenvalue weighted by Gasteiger charge is -2.10. The van der Waals surface area contributed by atoms with Crippen molar-refractivity contribution < 1.29 is 9.50 Å². The lowest BCUT2D eigenvalue weighted by atomic mass is 10.3. The molecule has 2 nitrogen and oxygen atoms in total. The van der Waals surface area contributed by atoms with Crippen molar-refractivity contribution in [1.82, 2.24) is 5.32 Å². The van der Waals surface area contributed by atoms with Crippen molar-refractivity contribution in [2.45, 2.75) is 17.9 Å². The molecule has 0 radical (unpaired) electrons. The van der Waals surface area contributed by atoms with Crippen molar-refractivity contribution in [2.24, 2.45) is 0 Å². The molecule has 1 aromatic carbocycles. The van der Waals surface area contributed by atoms with Crippen LogP contribution in [0.4, 0.5) is 4.39 Å². The van der Waals surface area contributed by atoms with Gasteiger partial charge in [-0.25, -0.2) is 4.39 Å². The van der Waals surface area contributed by atoms with Gasteiger partial charge in [-0.3, -0.25) is 0 Å². The van der Waals surface area contributed by atoms with E-state index in [0.717, 1.165) is 11.4 Å². The first kappa shape index (κ1) is 12.5. The maximum Gasteiger partial charge on any atom is 0.124 e. The summed E-state index contributed by atoms with van der Waals surface area (Å²) in [6.07, 6.45) is -0.391. The van der Waals surface area contributed by atoms with Gasteiger partial charge in [-0.2, -0.15) is 0 Å². The van der Waals surface area contributed by atoms with Gasteiger partial charge >= 0.3 is 0 Å². The molecule has 0 fully saturated rings. The van der Waals surface area contributed by atoms with Crippen LogP contribution in [0, 0.1) is 5.82 Å². The second-order valence-electron chi connectivity index (χ2n) is 3.23. The van der Waals surface area contributed by atoms with E-state index < -0.39 is 6.10 Å². The fourth-order valence-corrected chi connectivity index (χ4v) is 1.99. The van der Waals surface area contributed by atoms with Crippen LogP contribution in [-0.2, 0) is 0 Å². The van der Waals surface area contributed by atoms with Crippen LogP contribution in [-0.4, -0.2) is 30.1 Å². The zero-order chi connectivity index (χ0) is 11.1. The monoisotopic (exact) mass is 229 g/mol. The molecule has 0 spiro atoms. The molecule has 0 aliphatic heterocycles. The van der Waals surface area contributed by atoms with E-state index >= 15 is 0 Å². The lowest BCUT2D eigenvalue weighted by molar-refractivity contribution is 0.197. The molecule has 4 heteroatoms. The highest BCUT2D eigenvalue weighted by atomic mass is 32.2. The second kappa shape index (κ2) is 6.82. The molecule has 0 amide bonds. The van der Waals surface area contributed by atoms with Crippen LogP contribution in [0.2, 0.25) is 0 Å². The number of thioether (sulfide) groups is 1. The number of benzene rings is 1. The molecule has 0 saturated heterocycles. The highest BCUT2D eigenvalue weighted by molar-refractivity contribution is 7.99. The minimum Gasteiger partial charge on any atom is -0.391 e. The Labute approximate surface area is 93.9 Å². The third kappa shape index (κ3) is 5.16. The summed E-state index contributed by atoms with van der Waals surface area (Å²) in [7, 11) is 0. The molecule has 1 aromatic rings. The van der Waals surface area contributed by atoms with Crippen molar-refractivity contribution in [3.8, 4) is 0 Å². The summed E-state index contributed by atoms with van der Waals surface area (Å²) >= 11 is 1.46. The molecule has 1 atom stereocenters. The standard InChI is InChI=1S/C11H16FNOS/c1-2-13-7-10(14)8-15-11-5-3-4-9(12)6-11/h3-6,10,13-14H,2,7-8H2,1H3. The van der Waals surface area contributed by atoms with Crippen molar-refractivity contribution >= 4 is 11.8 Å². The minimum atomic E-state index is -0.391. The van der Waals surface area contributed by atoms with Gasteiger partial charge in [-0.05, 0) is 24.7 Å². The minimum absolute atomic E-state index is 0.235. The topological polar surface area (TPSA) is 32.3 Å². The fourth-order valence-electron chi connectivity index (χ4n) is 1.12. The van der Waals surface area contributed by atoms with Crippen molar-refractivity contribution in [2.75, 3.05) is 18.8 Å². The Bertz CT molecular complexity index is 296. The predicted molar refractivity (Wildman–Crippen MR) is 61.7 cm³/mol. The molecule has 1 rings (SSSR count). The second-order valence-corrected chi connectivity index (χ2v) is 4.32. The Kier molecular flexibility index (Phi) is 5.68. The smallest absolute Gasteiger partial charge is 0.124 e. The number of aliphatic hydroxyl groups excluding tert-OH is 1. The third-order valence-electron chi connectivity index (χ3n) is 1.87. The molecule has 0 aliphatic carbocycles. The van der Waals surface area contributed by atoms with E-state index in [9.17, 15) is 9.50 Å². The van der Waals surface area contributed by atoms with E-state index in [1.165, 1.54) is 23.9 Å². The number of hydrogen-bond acceptors (Lipinski definition) is 3. The zero-order valence-corrected chi connectivity index (χ0v) is 9.56. The van der Waals surface area contributed by atoms with E-state index in [2.05, 4.69) is 5.32 Å². The van der Waals surface area contributed by atoms with Gasteiger partial charge in [0.15, 0.2) is 0 Å². The summed E-state index contributed by atoms with van der Waals surface area (Å²) in [5, 5.41) is 12.6. The number of likely N-dealkylation sites (N-methyl/N-ethyl adjacent to an activating group) is 1. The van der Waals surface area contributed by atoms with E-state index in [0.29, 0.717) is 12.3 Å². The van der Waals surface area contributed by atoms with Crippen molar-refractivity contribution in [3.05, 3.63) is 30.1 Å². The van der Waals surface area contributed by atoms with E-state index in [-0.39, 0.29) is 5.82 Å². The summed E-state index contributed by atoms with van der Waals surface area (Å²) in [5.74, 6) is 0.345. The number of nitrogens with one attached hydrogen (secondary N) is 1.